The predicted molar refractivity (Wildman–Crippen MR) is 79.6 cm³/mol. The maximum atomic E-state index is 12.5. The molecule has 0 aliphatic carbocycles. The minimum absolute atomic E-state index is 0.0275. The Morgan fingerprint density at radius 3 is 2.95 bits per heavy atom. The summed E-state index contributed by atoms with van der Waals surface area (Å²) in [5.41, 5.74) is 0.542. The SMILES string of the molecule is COC1CN(C(=O)c2cccc(Br)c2Cl)CCC1C. The summed E-state index contributed by atoms with van der Waals surface area (Å²) < 4.78 is 6.18. The molecule has 1 aliphatic heterocycles. The van der Waals surface area contributed by atoms with Gasteiger partial charge in [-0.1, -0.05) is 24.6 Å². The Bertz CT molecular complexity index is 481. The highest BCUT2D eigenvalue weighted by Crippen LogP contribution is 2.28. The van der Waals surface area contributed by atoms with E-state index in [2.05, 4.69) is 22.9 Å². The molecule has 1 aliphatic rings. The zero-order chi connectivity index (χ0) is 14.0. The van der Waals surface area contributed by atoms with Crippen molar-refractivity contribution in [3.63, 3.8) is 0 Å². The summed E-state index contributed by atoms with van der Waals surface area (Å²) in [5.74, 6) is 0.451. The molecule has 0 spiro atoms. The molecule has 0 radical (unpaired) electrons. The minimum atomic E-state index is -0.0275. The monoisotopic (exact) mass is 345 g/mol. The summed E-state index contributed by atoms with van der Waals surface area (Å²) in [6.45, 7) is 3.53. The lowest BCUT2D eigenvalue weighted by Gasteiger charge is -2.36. The van der Waals surface area contributed by atoms with Gasteiger partial charge < -0.3 is 9.64 Å². The number of nitrogens with zero attached hydrogens (tertiary/aromatic N) is 1. The normalized spacial score (nSPS) is 23.5. The van der Waals surface area contributed by atoms with Crippen molar-refractivity contribution in [2.24, 2.45) is 5.92 Å². The van der Waals surface area contributed by atoms with E-state index in [0.29, 0.717) is 23.0 Å². The van der Waals surface area contributed by atoms with Crippen molar-refractivity contribution in [3.8, 4) is 0 Å². The smallest absolute Gasteiger partial charge is 0.255 e. The number of carbonyl (C=O) groups excluding carboxylic acids is 1. The second kappa shape index (κ2) is 6.25. The Morgan fingerprint density at radius 2 is 2.26 bits per heavy atom. The fraction of sp³-hybridized carbons (Fsp3) is 0.500. The quantitative estimate of drug-likeness (QED) is 0.819. The van der Waals surface area contributed by atoms with E-state index in [4.69, 9.17) is 16.3 Å². The van der Waals surface area contributed by atoms with Gasteiger partial charge in [0, 0.05) is 24.7 Å². The molecule has 104 valence electrons. The van der Waals surface area contributed by atoms with Gasteiger partial charge in [-0.15, -0.1) is 0 Å². The van der Waals surface area contributed by atoms with E-state index in [1.807, 2.05) is 17.0 Å². The van der Waals surface area contributed by atoms with Crippen LogP contribution in [-0.2, 0) is 4.74 Å². The summed E-state index contributed by atoms with van der Waals surface area (Å²) in [6.07, 6.45) is 1.05. The van der Waals surface area contributed by atoms with Gasteiger partial charge in [0.2, 0.25) is 0 Å². The summed E-state index contributed by atoms with van der Waals surface area (Å²) in [7, 11) is 1.70. The molecule has 1 amide bonds. The molecule has 1 saturated heterocycles. The first-order valence-electron chi connectivity index (χ1n) is 6.30. The molecule has 1 fully saturated rings. The van der Waals surface area contributed by atoms with Crippen LogP contribution in [0.15, 0.2) is 22.7 Å². The van der Waals surface area contributed by atoms with Crippen molar-refractivity contribution in [1.29, 1.82) is 0 Å². The van der Waals surface area contributed by atoms with Gasteiger partial charge in [0.15, 0.2) is 0 Å². The lowest BCUT2D eigenvalue weighted by atomic mass is 9.95. The van der Waals surface area contributed by atoms with Gasteiger partial charge in [-0.05, 0) is 40.4 Å². The van der Waals surface area contributed by atoms with Gasteiger partial charge in [-0.2, -0.15) is 0 Å². The van der Waals surface area contributed by atoms with Crippen LogP contribution in [0.3, 0.4) is 0 Å². The first-order chi connectivity index (χ1) is 9.04. The van der Waals surface area contributed by atoms with Crippen LogP contribution in [0.2, 0.25) is 5.02 Å². The van der Waals surface area contributed by atoms with Crippen molar-refractivity contribution >= 4 is 33.4 Å². The molecule has 0 aromatic heterocycles. The second-order valence-corrected chi connectivity index (χ2v) is 6.12. The highest BCUT2D eigenvalue weighted by molar-refractivity contribution is 9.10. The number of piperidine rings is 1. The van der Waals surface area contributed by atoms with Gasteiger partial charge >= 0.3 is 0 Å². The Kier molecular flexibility index (Phi) is 4.87. The highest BCUT2D eigenvalue weighted by Gasteiger charge is 2.30. The second-order valence-electron chi connectivity index (χ2n) is 4.89. The molecule has 2 rings (SSSR count). The Balaban J connectivity index is 2.18. The molecule has 5 heteroatoms. The Labute approximate surface area is 127 Å². The van der Waals surface area contributed by atoms with E-state index in [-0.39, 0.29) is 12.0 Å². The zero-order valence-electron chi connectivity index (χ0n) is 11.0. The lowest BCUT2D eigenvalue weighted by Crippen LogP contribution is -2.46. The van der Waals surface area contributed by atoms with Crippen molar-refractivity contribution in [1.82, 2.24) is 4.90 Å². The average Bonchev–Trinajstić information content (AvgIpc) is 2.41. The molecule has 0 bridgehead atoms. The van der Waals surface area contributed by atoms with Gasteiger partial charge in [-0.25, -0.2) is 0 Å². The van der Waals surface area contributed by atoms with Crippen LogP contribution >= 0.6 is 27.5 Å². The Hall–Kier alpha value is -0.580. The number of likely N-dealkylation sites (tertiary alicyclic amines) is 1. The lowest BCUT2D eigenvalue weighted by molar-refractivity contribution is -0.00156. The van der Waals surface area contributed by atoms with Crippen LogP contribution in [0.25, 0.3) is 0 Å². The van der Waals surface area contributed by atoms with E-state index in [1.165, 1.54) is 0 Å². The number of halogens is 2. The molecule has 1 aromatic rings. The van der Waals surface area contributed by atoms with Gasteiger partial charge in [0.05, 0.1) is 16.7 Å². The van der Waals surface area contributed by atoms with Crippen molar-refractivity contribution < 1.29 is 9.53 Å². The third-order valence-corrected chi connectivity index (χ3v) is 4.96. The van der Waals surface area contributed by atoms with Gasteiger partial charge in [-0.3, -0.25) is 4.79 Å². The number of hydrogen-bond donors (Lipinski definition) is 0. The molecular formula is C14H17BrClNO2. The van der Waals surface area contributed by atoms with Crippen molar-refractivity contribution in [2.45, 2.75) is 19.4 Å². The van der Waals surface area contributed by atoms with E-state index >= 15 is 0 Å². The van der Waals surface area contributed by atoms with Crippen LogP contribution in [-0.4, -0.2) is 37.1 Å². The molecule has 1 aromatic carbocycles. The van der Waals surface area contributed by atoms with Crippen molar-refractivity contribution in [3.05, 3.63) is 33.3 Å². The molecule has 2 atom stereocenters. The van der Waals surface area contributed by atoms with E-state index < -0.39 is 0 Å². The van der Waals surface area contributed by atoms with E-state index in [1.54, 1.807) is 13.2 Å². The fourth-order valence-electron chi connectivity index (χ4n) is 2.36. The first kappa shape index (κ1) is 14.8. The largest absolute Gasteiger partial charge is 0.379 e. The Morgan fingerprint density at radius 1 is 1.53 bits per heavy atom. The zero-order valence-corrected chi connectivity index (χ0v) is 13.4. The molecule has 19 heavy (non-hydrogen) atoms. The van der Waals surface area contributed by atoms with Crippen molar-refractivity contribution in [2.75, 3.05) is 20.2 Å². The summed E-state index contributed by atoms with van der Waals surface area (Å²) in [4.78, 5) is 14.3. The number of rotatable bonds is 2. The van der Waals surface area contributed by atoms with Gasteiger partial charge in [0.25, 0.3) is 5.91 Å². The van der Waals surface area contributed by atoms with E-state index in [9.17, 15) is 4.79 Å². The van der Waals surface area contributed by atoms with Gasteiger partial charge in [0.1, 0.15) is 0 Å². The molecular weight excluding hydrogens is 330 g/mol. The van der Waals surface area contributed by atoms with Crippen LogP contribution in [0.1, 0.15) is 23.7 Å². The summed E-state index contributed by atoms with van der Waals surface area (Å²) >= 11 is 9.53. The standard InChI is InChI=1S/C14H17BrClNO2/c1-9-6-7-17(8-12(9)19-2)14(18)10-4-3-5-11(15)13(10)16/h3-5,9,12H,6-8H2,1-2H3. The minimum Gasteiger partial charge on any atom is -0.379 e. The topological polar surface area (TPSA) is 29.5 Å². The number of benzene rings is 1. The molecule has 1 heterocycles. The maximum Gasteiger partial charge on any atom is 0.255 e. The summed E-state index contributed by atoms with van der Waals surface area (Å²) in [6, 6.07) is 5.41. The first-order valence-corrected chi connectivity index (χ1v) is 7.47. The molecule has 0 saturated carbocycles. The number of carbonyl (C=O) groups is 1. The van der Waals surface area contributed by atoms with Crippen LogP contribution in [0.5, 0.6) is 0 Å². The summed E-state index contributed by atoms with van der Waals surface area (Å²) in [5, 5.41) is 0.472. The van der Waals surface area contributed by atoms with Crippen LogP contribution in [0, 0.1) is 5.92 Å². The predicted octanol–water partition coefficient (Wildman–Crippen LogP) is 3.60. The number of hydrogen-bond acceptors (Lipinski definition) is 2. The van der Waals surface area contributed by atoms with Crippen LogP contribution < -0.4 is 0 Å². The fourth-order valence-corrected chi connectivity index (χ4v) is 2.94. The number of ether oxygens (including phenoxy) is 1. The van der Waals surface area contributed by atoms with Crippen LogP contribution in [0.4, 0.5) is 0 Å². The molecule has 0 N–H and O–H groups in total. The average molecular weight is 347 g/mol. The highest BCUT2D eigenvalue weighted by atomic mass is 79.9. The number of methoxy groups -OCH3 is 1. The molecule has 3 nitrogen and oxygen atoms in total. The van der Waals surface area contributed by atoms with E-state index in [0.717, 1.165) is 17.4 Å². The third-order valence-electron chi connectivity index (χ3n) is 3.66. The number of amides is 1. The maximum absolute atomic E-state index is 12.5. The third kappa shape index (κ3) is 3.12. The molecule has 2 unspecified atom stereocenters.